The largest absolute Gasteiger partial charge is 0.484 e. The van der Waals surface area contributed by atoms with Crippen LogP contribution >= 0.6 is 11.6 Å². The van der Waals surface area contributed by atoms with Gasteiger partial charge in [0.05, 0.1) is 6.21 Å². The second-order valence-corrected chi connectivity index (χ2v) is 5.23. The highest BCUT2D eigenvalue weighted by atomic mass is 35.5. The lowest BCUT2D eigenvalue weighted by atomic mass is 10.2. The molecule has 0 radical (unpaired) electrons. The van der Waals surface area contributed by atoms with E-state index in [0.29, 0.717) is 22.1 Å². The third kappa shape index (κ3) is 6.92. The van der Waals surface area contributed by atoms with Crippen LogP contribution in [0.3, 0.4) is 0 Å². The summed E-state index contributed by atoms with van der Waals surface area (Å²) in [4.78, 5) is 22.0. The molecule has 0 spiro atoms. The lowest BCUT2D eigenvalue weighted by molar-refractivity contribution is -0.139. The Hall–Kier alpha value is -3.06. The Balaban J connectivity index is 1.76. The van der Waals surface area contributed by atoms with Gasteiger partial charge in [-0.1, -0.05) is 17.7 Å². The summed E-state index contributed by atoms with van der Waals surface area (Å²) < 4.78 is 10.3. The number of carbonyl (C=O) groups is 2. The van der Waals surface area contributed by atoms with Crippen LogP contribution in [-0.2, 0) is 9.59 Å². The van der Waals surface area contributed by atoms with E-state index in [2.05, 4.69) is 10.5 Å². The fourth-order valence-corrected chi connectivity index (χ4v) is 1.89. The van der Waals surface area contributed by atoms with E-state index in [1.54, 1.807) is 48.5 Å². The Kier molecular flexibility index (Phi) is 6.79. The Labute approximate surface area is 148 Å². The van der Waals surface area contributed by atoms with E-state index < -0.39 is 18.5 Å². The van der Waals surface area contributed by atoms with Crippen molar-refractivity contribution in [3.63, 3.8) is 0 Å². The number of carbonyl (C=O) groups excluding carboxylic acids is 1. The molecular weight excluding hydrogens is 348 g/mol. The molecule has 1 amide bonds. The van der Waals surface area contributed by atoms with Gasteiger partial charge < -0.3 is 14.6 Å². The van der Waals surface area contributed by atoms with Gasteiger partial charge >= 0.3 is 5.97 Å². The van der Waals surface area contributed by atoms with Gasteiger partial charge in [-0.25, -0.2) is 10.2 Å². The number of aliphatic carboxylic acids is 1. The van der Waals surface area contributed by atoms with Crippen LogP contribution in [-0.4, -0.2) is 36.4 Å². The summed E-state index contributed by atoms with van der Waals surface area (Å²) in [5.74, 6) is -0.548. The van der Waals surface area contributed by atoms with Crippen molar-refractivity contribution >= 4 is 29.7 Å². The summed E-state index contributed by atoms with van der Waals surface area (Å²) in [6.45, 7) is -0.601. The van der Waals surface area contributed by atoms with Crippen molar-refractivity contribution in [3.05, 3.63) is 59.1 Å². The molecule has 2 aromatic rings. The van der Waals surface area contributed by atoms with Gasteiger partial charge in [-0.05, 0) is 48.0 Å². The number of benzene rings is 2. The number of halogens is 1. The van der Waals surface area contributed by atoms with E-state index in [1.165, 1.54) is 6.21 Å². The molecule has 0 aliphatic rings. The number of rotatable bonds is 8. The highest BCUT2D eigenvalue weighted by Crippen LogP contribution is 2.16. The van der Waals surface area contributed by atoms with Crippen LogP contribution in [0.5, 0.6) is 11.5 Å². The van der Waals surface area contributed by atoms with Crippen LogP contribution in [0.2, 0.25) is 5.02 Å². The van der Waals surface area contributed by atoms with E-state index in [1.807, 2.05) is 0 Å². The Bertz CT molecular complexity index is 762. The molecule has 0 saturated heterocycles. The van der Waals surface area contributed by atoms with Crippen molar-refractivity contribution in [1.29, 1.82) is 0 Å². The van der Waals surface area contributed by atoms with Gasteiger partial charge in [0, 0.05) is 5.02 Å². The first kappa shape index (κ1) is 18.3. The van der Waals surface area contributed by atoms with E-state index >= 15 is 0 Å². The number of ether oxygens (including phenoxy) is 2. The molecule has 0 aliphatic heterocycles. The summed E-state index contributed by atoms with van der Waals surface area (Å²) >= 11 is 5.82. The predicted molar refractivity (Wildman–Crippen MR) is 92.3 cm³/mol. The lowest BCUT2D eigenvalue weighted by Crippen LogP contribution is -2.24. The lowest BCUT2D eigenvalue weighted by Gasteiger charge is -2.05. The molecule has 8 heteroatoms. The number of nitrogens with one attached hydrogen (secondary N) is 1. The van der Waals surface area contributed by atoms with Crippen LogP contribution in [0, 0.1) is 0 Å². The number of carboxylic acids is 1. The maximum Gasteiger partial charge on any atom is 0.341 e. The van der Waals surface area contributed by atoms with Crippen LogP contribution < -0.4 is 14.9 Å². The minimum Gasteiger partial charge on any atom is -0.484 e. The number of nitrogens with zero attached hydrogens (tertiary/aromatic N) is 1. The molecule has 0 atom stereocenters. The van der Waals surface area contributed by atoms with Crippen molar-refractivity contribution < 1.29 is 24.2 Å². The van der Waals surface area contributed by atoms with Gasteiger partial charge in [-0.3, -0.25) is 4.79 Å². The summed E-state index contributed by atoms with van der Waals surface area (Å²) in [6.07, 6.45) is 1.44. The zero-order valence-corrected chi connectivity index (χ0v) is 13.8. The molecule has 2 N–H and O–H groups in total. The molecule has 25 heavy (non-hydrogen) atoms. The van der Waals surface area contributed by atoms with Gasteiger partial charge in [0.25, 0.3) is 5.91 Å². The molecule has 0 aliphatic carbocycles. The number of carboxylic acid groups (broad SMARTS) is 1. The summed E-state index contributed by atoms with van der Waals surface area (Å²) in [5, 5.41) is 12.9. The van der Waals surface area contributed by atoms with Crippen molar-refractivity contribution in [3.8, 4) is 11.5 Å². The Morgan fingerprint density at radius 3 is 2.48 bits per heavy atom. The fraction of sp³-hybridized carbons (Fsp3) is 0.118. The summed E-state index contributed by atoms with van der Waals surface area (Å²) in [6, 6.07) is 13.3. The standard InChI is InChI=1S/C17H15ClN2O5/c18-13-2-1-3-15(8-13)24-10-16(21)20-19-9-12-4-6-14(7-5-12)25-11-17(22)23/h1-9H,10-11H2,(H,20,21)(H,22,23). The minimum atomic E-state index is -1.05. The second kappa shape index (κ2) is 9.29. The normalized spacial score (nSPS) is 10.4. The highest BCUT2D eigenvalue weighted by molar-refractivity contribution is 6.30. The van der Waals surface area contributed by atoms with Crippen LogP contribution in [0.25, 0.3) is 0 Å². The van der Waals surface area contributed by atoms with Crippen LogP contribution in [0.4, 0.5) is 0 Å². The van der Waals surface area contributed by atoms with E-state index in [9.17, 15) is 9.59 Å². The molecule has 130 valence electrons. The molecule has 7 nitrogen and oxygen atoms in total. The molecule has 0 heterocycles. The minimum absolute atomic E-state index is 0.195. The first-order valence-electron chi connectivity index (χ1n) is 7.18. The maximum absolute atomic E-state index is 11.6. The van der Waals surface area contributed by atoms with Gasteiger partial charge in [0.2, 0.25) is 0 Å². The van der Waals surface area contributed by atoms with E-state index in [4.69, 9.17) is 26.2 Å². The van der Waals surface area contributed by atoms with Gasteiger partial charge in [0.15, 0.2) is 13.2 Å². The molecule has 0 aromatic heterocycles. The average molecular weight is 363 g/mol. The highest BCUT2D eigenvalue weighted by Gasteiger charge is 2.02. The first-order chi connectivity index (χ1) is 12.0. The van der Waals surface area contributed by atoms with Gasteiger partial charge in [-0.2, -0.15) is 5.10 Å². The number of hydrogen-bond donors (Lipinski definition) is 2. The molecule has 0 saturated carbocycles. The third-order valence-electron chi connectivity index (χ3n) is 2.81. The molecular formula is C17H15ClN2O5. The Morgan fingerprint density at radius 2 is 1.80 bits per heavy atom. The third-order valence-corrected chi connectivity index (χ3v) is 3.05. The molecule has 0 unspecified atom stereocenters. The van der Waals surface area contributed by atoms with E-state index in [0.717, 1.165) is 0 Å². The predicted octanol–water partition coefficient (Wildman–Crippen LogP) is 2.33. The zero-order chi connectivity index (χ0) is 18.1. The smallest absolute Gasteiger partial charge is 0.341 e. The molecule has 0 bridgehead atoms. The monoisotopic (exact) mass is 362 g/mol. The quantitative estimate of drug-likeness (QED) is 0.555. The van der Waals surface area contributed by atoms with E-state index in [-0.39, 0.29) is 6.61 Å². The average Bonchev–Trinajstić information content (AvgIpc) is 2.59. The number of hydrogen-bond acceptors (Lipinski definition) is 5. The molecule has 2 rings (SSSR count). The Morgan fingerprint density at radius 1 is 1.08 bits per heavy atom. The van der Waals surface area contributed by atoms with Crippen molar-refractivity contribution in [2.24, 2.45) is 5.10 Å². The molecule has 0 fully saturated rings. The van der Waals surface area contributed by atoms with Gasteiger partial charge in [0.1, 0.15) is 11.5 Å². The first-order valence-corrected chi connectivity index (χ1v) is 7.55. The van der Waals surface area contributed by atoms with Crippen molar-refractivity contribution in [1.82, 2.24) is 5.43 Å². The van der Waals surface area contributed by atoms with Crippen molar-refractivity contribution in [2.75, 3.05) is 13.2 Å². The topological polar surface area (TPSA) is 97.2 Å². The maximum atomic E-state index is 11.6. The number of amides is 1. The van der Waals surface area contributed by atoms with Crippen molar-refractivity contribution in [2.45, 2.75) is 0 Å². The fourth-order valence-electron chi connectivity index (χ4n) is 1.71. The second-order valence-electron chi connectivity index (χ2n) is 4.79. The molecule has 2 aromatic carbocycles. The SMILES string of the molecule is O=C(O)COc1ccc(C=NNC(=O)COc2cccc(Cl)c2)cc1. The zero-order valence-electron chi connectivity index (χ0n) is 13.0. The van der Waals surface area contributed by atoms with Crippen LogP contribution in [0.15, 0.2) is 53.6 Å². The summed E-state index contributed by atoms with van der Waals surface area (Å²) in [5.41, 5.74) is 3.04. The van der Waals surface area contributed by atoms with Crippen LogP contribution in [0.1, 0.15) is 5.56 Å². The summed E-state index contributed by atoms with van der Waals surface area (Å²) in [7, 11) is 0. The number of hydrazone groups is 1. The van der Waals surface area contributed by atoms with Gasteiger partial charge in [-0.15, -0.1) is 0 Å².